The van der Waals surface area contributed by atoms with Gasteiger partial charge < -0.3 is 5.11 Å². The van der Waals surface area contributed by atoms with Crippen LogP contribution in [0, 0.1) is 0 Å². The summed E-state index contributed by atoms with van der Waals surface area (Å²) in [6, 6.07) is 0.791. The van der Waals surface area contributed by atoms with Gasteiger partial charge in [-0.3, -0.25) is 4.90 Å². The normalized spacial score (nSPS) is 33.5. The molecule has 0 aromatic carbocycles. The summed E-state index contributed by atoms with van der Waals surface area (Å²) in [5.41, 5.74) is 0. The summed E-state index contributed by atoms with van der Waals surface area (Å²) >= 11 is 0. The van der Waals surface area contributed by atoms with Crippen molar-refractivity contribution in [3.8, 4) is 0 Å². The van der Waals surface area contributed by atoms with E-state index in [4.69, 9.17) is 0 Å². The quantitative estimate of drug-likeness (QED) is 0.626. The van der Waals surface area contributed by atoms with Crippen LogP contribution < -0.4 is 0 Å². The fraction of sp³-hybridized carbons (Fsp3) is 1.00. The Bertz CT molecular complexity index is 152. The zero-order chi connectivity index (χ0) is 9.10. The lowest BCUT2D eigenvalue weighted by Crippen LogP contribution is -2.33. The molecule has 2 aliphatic rings. The maximum atomic E-state index is 9.46. The van der Waals surface area contributed by atoms with Crippen molar-refractivity contribution < 1.29 is 5.11 Å². The first-order valence-electron chi connectivity index (χ1n) is 5.78. The molecule has 1 N–H and O–H groups in total. The zero-order valence-corrected chi connectivity index (χ0v) is 8.41. The third kappa shape index (κ3) is 2.44. The summed E-state index contributed by atoms with van der Waals surface area (Å²) in [7, 11) is 0. The molecule has 0 amide bonds. The highest BCUT2D eigenvalue weighted by Gasteiger charge is 2.26. The van der Waals surface area contributed by atoms with E-state index in [1.807, 2.05) is 0 Å². The van der Waals surface area contributed by atoms with Gasteiger partial charge in [-0.15, -0.1) is 0 Å². The van der Waals surface area contributed by atoms with Gasteiger partial charge in [0.1, 0.15) is 0 Å². The lowest BCUT2D eigenvalue weighted by atomic mass is 10.1. The smallest absolute Gasteiger partial charge is 0.0679 e. The van der Waals surface area contributed by atoms with E-state index in [0.717, 1.165) is 25.6 Å². The lowest BCUT2D eigenvalue weighted by Gasteiger charge is -2.26. The molecule has 0 unspecified atom stereocenters. The Kier molecular flexibility index (Phi) is 3.23. The largest absolute Gasteiger partial charge is 0.392 e. The van der Waals surface area contributed by atoms with Crippen LogP contribution in [0.5, 0.6) is 0 Å². The fourth-order valence-corrected chi connectivity index (χ4v) is 2.72. The summed E-state index contributed by atoms with van der Waals surface area (Å²) in [5, 5.41) is 9.46. The molecule has 1 saturated heterocycles. The number of rotatable bonds is 1. The van der Waals surface area contributed by atoms with E-state index < -0.39 is 0 Å². The molecular formula is C11H21NO. The van der Waals surface area contributed by atoms with Gasteiger partial charge in [0.2, 0.25) is 0 Å². The number of hydrogen-bond donors (Lipinski definition) is 1. The zero-order valence-electron chi connectivity index (χ0n) is 8.41. The van der Waals surface area contributed by atoms with E-state index in [0.29, 0.717) is 0 Å². The van der Waals surface area contributed by atoms with Crippen LogP contribution in [0.3, 0.4) is 0 Å². The molecule has 1 heterocycles. The van der Waals surface area contributed by atoms with E-state index in [2.05, 4.69) is 4.90 Å². The van der Waals surface area contributed by atoms with E-state index in [1.165, 1.54) is 38.5 Å². The van der Waals surface area contributed by atoms with Gasteiger partial charge in [0.25, 0.3) is 0 Å². The highest BCUT2D eigenvalue weighted by molar-refractivity contribution is 4.82. The average Bonchev–Trinajstić information content (AvgIpc) is 2.43. The van der Waals surface area contributed by atoms with Gasteiger partial charge in [0.15, 0.2) is 0 Å². The first-order chi connectivity index (χ1) is 6.36. The second-order valence-electron chi connectivity index (χ2n) is 4.58. The highest BCUT2D eigenvalue weighted by atomic mass is 16.3. The number of aliphatic hydroxyl groups is 1. The predicted molar refractivity (Wildman–Crippen MR) is 53.7 cm³/mol. The molecule has 2 heteroatoms. The number of aliphatic hydroxyl groups excluding tert-OH is 1. The first-order valence-corrected chi connectivity index (χ1v) is 5.78. The number of likely N-dealkylation sites (tertiary alicyclic amines) is 1. The third-order valence-corrected chi connectivity index (χ3v) is 3.54. The van der Waals surface area contributed by atoms with Crippen LogP contribution in [0.15, 0.2) is 0 Å². The van der Waals surface area contributed by atoms with Crippen molar-refractivity contribution in [1.82, 2.24) is 4.90 Å². The minimum atomic E-state index is -0.0387. The molecule has 2 fully saturated rings. The van der Waals surface area contributed by atoms with Crippen LogP contribution in [0.1, 0.15) is 44.9 Å². The predicted octanol–water partition coefficient (Wildman–Crippen LogP) is 1.78. The Hall–Kier alpha value is -0.0800. The van der Waals surface area contributed by atoms with Gasteiger partial charge >= 0.3 is 0 Å². The average molecular weight is 183 g/mol. The SMILES string of the molecule is O[C@@H]1CCN(C2CCCCCC2)C1. The summed E-state index contributed by atoms with van der Waals surface area (Å²) in [4.78, 5) is 2.51. The van der Waals surface area contributed by atoms with Crippen LogP contribution in [-0.4, -0.2) is 35.2 Å². The Balaban J connectivity index is 1.84. The summed E-state index contributed by atoms with van der Waals surface area (Å²) in [6.45, 7) is 2.07. The van der Waals surface area contributed by atoms with Crippen LogP contribution in [-0.2, 0) is 0 Å². The van der Waals surface area contributed by atoms with E-state index >= 15 is 0 Å². The van der Waals surface area contributed by atoms with E-state index in [-0.39, 0.29) is 6.10 Å². The second-order valence-corrected chi connectivity index (χ2v) is 4.58. The van der Waals surface area contributed by atoms with E-state index in [9.17, 15) is 5.11 Å². The van der Waals surface area contributed by atoms with Crippen LogP contribution in [0.4, 0.5) is 0 Å². The Morgan fingerprint density at radius 3 is 2.15 bits per heavy atom. The van der Waals surface area contributed by atoms with Gasteiger partial charge in [-0.1, -0.05) is 25.7 Å². The Morgan fingerprint density at radius 1 is 0.923 bits per heavy atom. The molecule has 2 rings (SSSR count). The number of β-amino-alcohol motifs (C(OH)–C–C–N with tert-alkyl or cyclic N) is 1. The molecule has 0 aromatic rings. The number of hydrogen-bond acceptors (Lipinski definition) is 2. The van der Waals surface area contributed by atoms with Crippen molar-refractivity contribution in [3.05, 3.63) is 0 Å². The molecule has 1 saturated carbocycles. The minimum Gasteiger partial charge on any atom is -0.392 e. The molecule has 1 aliphatic heterocycles. The monoisotopic (exact) mass is 183 g/mol. The van der Waals surface area contributed by atoms with Crippen molar-refractivity contribution in [2.45, 2.75) is 57.1 Å². The molecule has 0 bridgehead atoms. The van der Waals surface area contributed by atoms with Crippen molar-refractivity contribution in [2.24, 2.45) is 0 Å². The molecule has 1 atom stereocenters. The molecule has 0 radical (unpaired) electrons. The molecule has 0 aromatic heterocycles. The topological polar surface area (TPSA) is 23.5 Å². The fourth-order valence-electron chi connectivity index (χ4n) is 2.72. The molecular weight excluding hydrogens is 162 g/mol. The Morgan fingerprint density at radius 2 is 1.62 bits per heavy atom. The van der Waals surface area contributed by atoms with E-state index in [1.54, 1.807) is 0 Å². The van der Waals surface area contributed by atoms with Crippen LogP contribution in [0.25, 0.3) is 0 Å². The molecule has 2 nitrogen and oxygen atoms in total. The summed E-state index contributed by atoms with van der Waals surface area (Å²) in [5.74, 6) is 0. The third-order valence-electron chi connectivity index (χ3n) is 3.54. The standard InChI is InChI=1S/C11H21NO/c13-11-7-8-12(9-11)10-5-3-1-2-4-6-10/h10-11,13H,1-9H2/t11-/m1/s1. The van der Waals surface area contributed by atoms with Gasteiger partial charge in [-0.25, -0.2) is 0 Å². The van der Waals surface area contributed by atoms with Crippen molar-refractivity contribution in [2.75, 3.05) is 13.1 Å². The van der Waals surface area contributed by atoms with Crippen LogP contribution >= 0.6 is 0 Å². The molecule has 0 spiro atoms. The summed E-state index contributed by atoms with van der Waals surface area (Å²) in [6.07, 6.45) is 9.34. The van der Waals surface area contributed by atoms with Crippen molar-refractivity contribution >= 4 is 0 Å². The highest BCUT2D eigenvalue weighted by Crippen LogP contribution is 2.24. The maximum Gasteiger partial charge on any atom is 0.0679 e. The van der Waals surface area contributed by atoms with Gasteiger partial charge in [0, 0.05) is 19.1 Å². The van der Waals surface area contributed by atoms with Gasteiger partial charge in [-0.2, -0.15) is 0 Å². The maximum absolute atomic E-state index is 9.46. The van der Waals surface area contributed by atoms with Gasteiger partial charge in [-0.05, 0) is 19.3 Å². The lowest BCUT2D eigenvalue weighted by molar-refractivity contribution is 0.153. The number of nitrogens with zero attached hydrogens (tertiary/aromatic N) is 1. The minimum absolute atomic E-state index is 0.0387. The molecule has 13 heavy (non-hydrogen) atoms. The van der Waals surface area contributed by atoms with Crippen LogP contribution in [0.2, 0.25) is 0 Å². The molecule has 76 valence electrons. The van der Waals surface area contributed by atoms with Crippen molar-refractivity contribution in [3.63, 3.8) is 0 Å². The molecule has 1 aliphatic carbocycles. The second kappa shape index (κ2) is 4.43. The first kappa shape index (κ1) is 9.47. The van der Waals surface area contributed by atoms with Crippen molar-refractivity contribution in [1.29, 1.82) is 0 Å². The summed E-state index contributed by atoms with van der Waals surface area (Å²) < 4.78 is 0. The van der Waals surface area contributed by atoms with Gasteiger partial charge in [0.05, 0.1) is 6.10 Å². The Labute approximate surface area is 80.9 Å².